The second kappa shape index (κ2) is 4.31. The van der Waals surface area contributed by atoms with Crippen LogP contribution in [0.25, 0.3) is 10.9 Å². The highest BCUT2D eigenvalue weighted by Gasteiger charge is 2.14. The Labute approximate surface area is 109 Å². The Bertz CT molecular complexity index is 565. The Morgan fingerprint density at radius 3 is 2.59 bits per heavy atom. The fourth-order valence-corrected chi connectivity index (χ4v) is 2.67. The van der Waals surface area contributed by atoms with Gasteiger partial charge in [-0.05, 0) is 42.6 Å². The van der Waals surface area contributed by atoms with Gasteiger partial charge in [-0.25, -0.2) is 9.97 Å². The molecule has 5 heteroatoms. The van der Waals surface area contributed by atoms with Crippen LogP contribution >= 0.6 is 23.2 Å². The first-order chi connectivity index (χ1) is 8.24. The molecule has 0 N–H and O–H groups in total. The monoisotopic (exact) mass is 267 g/mol. The predicted molar refractivity (Wildman–Crippen MR) is 71.0 cm³/mol. The standard InChI is InChI=1S/C12H11Cl2N3/c13-11-9-7-8(17-5-1-2-6-17)3-4-10(9)15-12(14)16-11/h3-4,7H,1-2,5-6H2. The van der Waals surface area contributed by atoms with E-state index in [4.69, 9.17) is 23.2 Å². The van der Waals surface area contributed by atoms with Crippen molar-refractivity contribution in [3.05, 3.63) is 28.6 Å². The summed E-state index contributed by atoms with van der Waals surface area (Å²) in [5.41, 5.74) is 1.97. The van der Waals surface area contributed by atoms with Gasteiger partial charge in [0.25, 0.3) is 0 Å². The fraction of sp³-hybridized carbons (Fsp3) is 0.333. The number of aromatic nitrogens is 2. The predicted octanol–water partition coefficient (Wildman–Crippen LogP) is 3.54. The van der Waals surface area contributed by atoms with Gasteiger partial charge in [0.2, 0.25) is 5.28 Å². The molecule has 1 aliphatic heterocycles. The molecule has 1 fully saturated rings. The van der Waals surface area contributed by atoms with Crippen molar-refractivity contribution >= 4 is 39.8 Å². The van der Waals surface area contributed by atoms with Crippen LogP contribution in [0.3, 0.4) is 0 Å². The number of benzene rings is 1. The smallest absolute Gasteiger partial charge is 0.224 e. The van der Waals surface area contributed by atoms with Crippen LogP contribution in [-0.2, 0) is 0 Å². The quantitative estimate of drug-likeness (QED) is 0.585. The summed E-state index contributed by atoms with van der Waals surface area (Å²) in [4.78, 5) is 10.5. The Morgan fingerprint density at radius 1 is 1.06 bits per heavy atom. The number of hydrogen-bond donors (Lipinski definition) is 0. The van der Waals surface area contributed by atoms with Gasteiger partial charge >= 0.3 is 0 Å². The Morgan fingerprint density at radius 2 is 1.82 bits per heavy atom. The molecule has 0 saturated carbocycles. The number of nitrogens with zero attached hydrogens (tertiary/aromatic N) is 3. The van der Waals surface area contributed by atoms with Crippen LogP contribution in [-0.4, -0.2) is 23.1 Å². The maximum atomic E-state index is 6.09. The van der Waals surface area contributed by atoms with Gasteiger partial charge in [0.15, 0.2) is 0 Å². The van der Waals surface area contributed by atoms with Crippen molar-refractivity contribution < 1.29 is 0 Å². The SMILES string of the molecule is Clc1nc(Cl)c2cc(N3CCCC3)ccc2n1. The van der Waals surface area contributed by atoms with E-state index >= 15 is 0 Å². The largest absolute Gasteiger partial charge is 0.372 e. The molecule has 0 bridgehead atoms. The van der Waals surface area contributed by atoms with Crippen LogP contribution < -0.4 is 4.90 Å². The van der Waals surface area contributed by atoms with Crippen LogP contribution in [0.1, 0.15) is 12.8 Å². The molecule has 1 aromatic carbocycles. The van der Waals surface area contributed by atoms with Crippen LogP contribution in [0, 0.1) is 0 Å². The molecule has 0 spiro atoms. The van der Waals surface area contributed by atoms with Crippen molar-refractivity contribution in [2.45, 2.75) is 12.8 Å². The molecule has 0 amide bonds. The molecule has 2 aromatic rings. The van der Waals surface area contributed by atoms with Gasteiger partial charge in [-0.1, -0.05) is 11.6 Å². The molecule has 17 heavy (non-hydrogen) atoms. The molecule has 0 atom stereocenters. The molecular weight excluding hydrogens is 257 g/mol. The molecule has 3 nitrogen and oxygen atoms in total. The van der Waals surface area contributed by atoms with E-state index in [0.717, 1.165) is 24.0 Å². The average molecular weight is 268 g/mol. The van der Waals surface area contributed by atoms with Crippen LogP contribution in [0.5, 0.6) is 0 Å². The Balaban J connectivity index is 2.11. The zero-order valence-electron chi connectivity index (χ0n) is 9.16. The summed E-state index contributed by atoms with van der Waals surface area (Å²) in [7, 11) is 0. The lowest BCUT2D eigenvalue weighted by Crippen LogP contribution is -2.17. The number of halogens is 2. The third-order valence-corrected chi connectivity index (χ3v) is 3.53. The molecule has 1 aliphatic rings. The van der Waals surface area contributed by atoms with E-state index in [9.17, 15) is 0 Å². The van der Waals surface area contributed by atoms with Crippen molar-refractivity contribution in [3.8, 4) is 0 Å². The van der Waals surface area contributed by atoms with Crippen LogP contribution in [0.15, 0.2) is 18.2 Å². The first-order valence-electron chi connectivity index (χ1n) is 5.62. The lowest BCUT2D eigenvalue weighted by Gasteiger charge is -2.17. The summed E-state index contributed by atoms with van der Waals surface area (Å²) in [6.45, 7) is 2.22. The second-order valence-corrected chi connectivity index (χ2v) is 4.88. The molecule has 0 aliphatic carbocycles. The van der Waals surface area contributed by atoms with Gasteiger partial charge in [-0.2, -0.15) is 0 Å². The Hall–Kier alpha value is -1.06. The van der Waals surface area contributed by atoms with E-state index in [1.54, 1.807) is 0 Å². The van der Waals surface area contributed by atoms with Crippen molar-refractivity contribution in [1.29, 1.82) is 0 Å². The molecule has 2 heterocycles. The third-order valence-electron chi connectivity index (χ3n) is 3.08. The molecular formula is C12H11Cl2N3. The normalized spacial score (nSPS) is 15.8. The number of fused-ring (bicyclic) bond motifs is 1. The maximum Gasteiger partial charge on any atom is 0.224 e. The van der Waals surface area contributed by atoms with E-state index in [2.05, 4.69) is 20.9 Å². The molecule has 88 valence electrons. The van der Waals surface area contributed by atoms with Gasteiger partial charge in [0, 0.05) is 24.2 Å². The third kappa shape index (κ3) is 2.05. The minimum Gasteiger partial charge on any atom is -0.372 e. The van der Waals surface area contributed by atoms with Gasteiger partial charge in [0.1, 0.15) is 5.15 Å². The number of hydrogen-bond acceptors (Lipinski definition) is 3. The van der Waals surface area contributed by atoms with E-state index < -0.39 is 0 Å². The van der Waals surface area contributed by atoms with Crippen molar-refractivity contribution in [1.82, 2.24) is 9.97 Å². The van der Waals surface area contributed by atoms with Gasteiger partial charge in [-0.3, -0.25) is 0 Å². The summed E-state index contributed by atoms with van der Waals surface area (Å²) in [5.74, 6) is 0. The van der Waals surface area contributed by atoms with E-state index in [1.807, 2.05) is 12.1 Å². The fourth-order valence-electron chi connectivity index (χ4n) is 2.22. The zero-order chi connectivity index (χ0) is 11.8. The second-order valence-electron chi connectivity index (χ2n) is 4.18. The average Bonchev–Trinajstić information content (AvgIpc) is 2.82. The van der Waals surface area contributed by atoms with Gasteiger partial charge in [0.05, 0.1) is 5.52 Å². The maximum absolute atomic E-state index is 6.09. The van der Waals surface area contributed by atoms with Crippen LogP contribution in [0.4, 0.5) is 5.69 Å². The Kier molecular flexibility index (Phi) is 2.81. The summed E-state index contributed by atoms with van der Waals surface area (Å²) >= 11 is 11.9. The molecule has 3 rings (SSSR count). The highest BCUT2D eigenvalue weighted by Crippen LogP contribution is 2.28. The van der Waals surface area contributed by atoms with Crippen molar-refractivity contribution in [2.24, 2.45) is 0 Å². The molecule has 0 radical (unpaired) electrons. The van der Waals surface area contributed by atoms with Crippen molar-refractivity contribution in [2.75, 3.05) is 18.0 Å². The first-order valence-corrected chi connectivity index (χ1v) is 6.37. The van der Waals surface area contributed by atoms with E-state index in [1.165, 1.54) is 18.5 Å². The van der Waals surface area contributed by atoms with E-state index in [-0.39, 0.29) is 5.28 Å². The first kappa shape index (κ1) is 11.1. The number of rotatable bonds is 1. The highest BCUT2D eigenvalue weighted by atomic mass is 35.5. The molecule has 1 aromatic heterocycles. The van der Waals surface area contributed by atoms with E-state index in [0.29, 0.717) is 5.15 Å². The summed E-state index contributed by atoms with van der Waals surface area (Å²) in [6.07, 6.45) is 2.51. The molecule has 1 saturated heterocycles. The summed E-state index contributed by atoms with van der Waals surface area (Å²) in [6, 6.07) is 6.05. The minimum atomic E-state index is 0.191. The minimum absolute atomic E-state index is 0.191. The topological polar surface area (TPSA) is 29.0 Å². The lowest BCUT2D eigenvalue weighted by molar-refractivity contribution is 0.949. The zero-order valence-corrected chi connectivity index (χ0v) is 10.7. The molecule has 0 unspecified atom stereocenters. The highest BCUT2D eigenvalue weighted by molar-refractivity contribution is 6.35. The van der Waals surface area contributed by atoms with Crippen molar-refractivity contribution in [3.63, 3.8) is 0 Å². The van der Waals surface area contributed by atoms with Gasteiger partial charge < -0.3 is 4.90 Å². The summed E-state index contributed by atoms with van der Waals surface area (Å²) < 4.78 is 0. The van der Waals surface area contributed by atoms with Gasteiger partial charge in [-0.15, -0.1) is 0 Å². The number of anilines is 1. The van der Waals surface area contributed by atoms with Crippen LogP contribution in [0.2, 0.25) is 10.4 Å². The summed E-state index contributed by atoms with van der Waals surface area (Å²) in [5, 5.41) is 1.47. The lowest BCUT2D eigenvalue weighted by atomic mass is 10.2.